The van der Waals surface area contributed by atoms with E-state index in [0.29, 0.717) is 50.0 Å². The Morgan fingerprint density at radius 1 is 0.875 bits per heavy atom. The highest BCUT2D eigenvalue weighted by molar-refractivity contribution is 6.00. The van der Waals surface area contributed by atoms with E-state index in [1.54, 1.807) is 50.4 Å². The lowest BCUT2D eigenvalue weighted by molar-refractivity contribution is -0.142. The van der Waals surface area contributed by atoms with Gasteiger partial charge in [0.2, 0.25) is 29.4 Å². The maximum absolute atomic E-state index is 13.7. The molecule has 0 bridgehead atoms. The number of likely N-dealkylation sites (tertiary alicyclic amines) is 1. The first-order valence-electron chi connectivity index (χ1n) is 16.6. The Hall–Kier alpha value is -4.94. The molecule has 2 aromatic heterocycles. The van der Waals surface area contributed by atoms with Gasteiger partial charge in [-0.2, -0.15) is 0 Å². The summed E-state index contributed by atoms with van der Waals surface area (Å²) in [5, 5.41) is 16.4. The van der Waals surface area contributed by atoms with E-state index in [9.17, 15) is 24.0 Å². The van der Waals surface area contributed by atoms with Crippen molar-refractivity contribution < 1.29 is 28.4 Å². The first kappa shape index (κ1) is 35.9. The van der Waals surface area contributed by atoms with Crippen LogP contribution in [0.25, 0.3) is 11.5 Å². The van der Waals surface area contributed by atoms with Crippen LogP contribution in [0.2, 0.25) is 0 Å². The van der Waals surface area contributed by atoms with Gasteiger partial charge in [0, 0.05) is 31.3 Å². The molecule has 4 rings (SSSR count). The summed E-state index contributed by atoms with van der Waals surface area (Å²) in [7, 11) is 0. The molecule has 3 aromatic rings. The maximum atomic E-state index is 13.7. The second-order valence-electron chi connectivity index (χ2n) is 12.6. The summed E-state index contributed by atoms with van der Waals surface area (Å²) < 4.78 is 5.65. The molecule has 3 N–H and O–H groups in total. The Morgan fingerprint density at radius 2 is 1.60 bits per heavy atom. The molecule has 0 aliphatic carbocycles. The molecule has 0 spiro atoms. The third kappa shape index (κ3) is 9.55. The van der Waals surface area contributed by atoms with Gasteiger partial charge in [0.15, 0.2) is 0 Å². The molecule has 13 heteroatoms. The summed E-state index contributed by atoms with van der Waals surface area (Å²) >= 11 is 0. The first-order valence-corrected chi connectivity index (χ1v) is 16.6. The maximum Gasteiger partial charge on any atom is 0.286 e. The highest BCUT2D eigenvalue weighted by Crippen LogP contribution is 2.23. The van der Waals surface area contributed by atoms with Crippen LogP contribution in [0.4, 0.5) is 0 Å². The third-order valence-electron chi connectivity index (χ3n) is 8.25. The average Bonchev–Trinajstić information content (AvgIpc) is 3.79. The number of nitrogens with one attached hydrogen (secondary N) is 3. The monoisotopic (exact) mass is 659 g/mol. The number of aromatic nitrogens is 3. The molecule has 1 fully saturated rings. The number of nitrogens with zero attached hydrogens (tertiary/aromatic N) is 4. The Balaban J connectivity index is 1.28. The van der Waals surface area contributed by atoms with Crippen LogP contribution in [0.15, 0.2) is 59.1 Å². The number of pyridine rings is 1. The van der Waals surface area contributed by atoms with Gasteiger partial charge in [-0.05, 0) is 61.8 Å². The van der Waals surface area contributed by atoms with Gasteiger partial charge in [-0.1, -0.05) is 58.4 Å². The van der Waals surface area contributed by atoms with E-state index in [1.165, 1.54) is 4.90 Å². The number of unbranched alkanes of at least 4 members (excludes halogenated alkanes) is 2. The lowest BCUT2D eigenvalue weighted by atomic mass is 9.98. The average molecular weight is 660 g/mol. The van der Waals surface area contributed by atoms with Crippen molar-refractivity contribution >= 4 is 29.4 Å². The van der Waals surface area contributed by atoms with Crippen molar-refractivity contribution in [2.24, 2.45) is 11.8 Å². The fraction of sp³-hybridized carbons (Fsp3) is 0.486. The van der Waals surface area contributed by atoms with E-state index in [1.807, 2.05) is 32.0 Å². The molecule has 3 unspecified atom stereocenters. The quantitative estimate of drug-likeness (QED) is 0.153. The van der Waals surface area contributed by atoms with Gasteiger partial charge in [0.25, 0.3) is 11.8 Å². The van der Waals surface area contributed by atoms with E-state index >= 15 is 0 Å². The fourth-order valence-electron chi connectivity index (χ4n) is 5.56. The molecule has 0 radical (unpaired) electrons. The van der Waals surface area contributed by atoms with Crippen LogP contribution in [-0.4, -0.2) is 80.7 Å². The number of ketones is 1. The standard InChI is InChI=1S/C35H45N7O6/c1-22(2)28(30(44)34-41-40-33(48-34)24-14-7-5-8-15-24)39-32(46)26-17-13-21-42(26)35(47)29(23(3)4)38-27(43)18-9-6-11-20-37-31(45)25-16-10-12-19-36-25/h5,7-8,10,12,14-16,19,22-23,26,28-29H,6,9,11,13,17-18,20-21H2,1-4H3,(H,37,45)(H,38,43)(H,39,46). The van der Waals surface area contributed by atoms with Crippen LogP contribution in [0.1, 0.15) is 87.4 Å². The van der Waals surface area contributed by atoms with Gasteiger partial charge < -0.3 is 25.3 Å². The highest BCUT2D eigenvalue weighted by atomic mass is 16.4. The smallest absolute Gasteiger partial charge is 0.286 e. The SMILES string of the molecule is CC(C)C(NC(=O)C1CCCN1C(=O)C(NC(=O)CCCCCNC(=O)c1ccccn1)C(C)C)C(=O)c1nnc(-c2ccccc2)o1. The van der Waals surface area contributed by atoms with Gasteiger partial charge in [0.1, 0.15) is 17.8 Å². The van der Waals surface area contributed by atoms with Crippen molar-refractivity contribution in [2.75, 3.05) is 13.1 Å². The minimum absolute atomic E-state index is 0.201. The molecular formula is C35H45N7O6. The first-order chi connectivity index (χ1) is 23.1. The zero-order valence-electron chi connectivity index (χ0n) is 28.0. The zero-order valence-corrected chi connectivity index (χ0v) is 28.0. The van der Waals surface area contributed by atoms with Gasteiger partial charge in [-0.25, -0.2) is 0 Å². The third-order valence-corrected chi connectivity index (χ3v) is 8.25. The summed E-state index contributed by atoms with van der Waals surface area (Å²) in [5.74, 6) is -2.28. The summed E-state index contributed by atoms with van der Waals surface area (Å²) in [6.45, 7) is 8.13. The lowest BCUT2D eigenvalue weighted by Gasteiger charge is -2.31. The van der Waals surface area contributed by atoms with Crippen molar-refractivity contribution in [2.45, 2.75) is 84.3 Å². The molecule has 1 aromatic carbocycles. The second-order valence-corrected chi connectivity index (χ2v) is 12.6. The molecule has 4 amide bonds. The van der Waals surface area contributed by atoms with Crippen LogP contribution in [-0.2, 0) is 14.4 Å². The van der Waals surface area contributed by atoms with E-state index in [-0.39, 0.29) is 47.8 Å². The van der Waals surface area contributed by atoms with Gasteiger partial charge in [0.05, 0.1) is 6.04 Å². The number of carbonyl (C=O) groups excluding carboxylic acids is 5. The number of hydrogen-bond donors (Lipinski definition) is 3. The minimum Gasteiger partial charge on any atom is -0.414 e. The van der Waals surface area contributed by atoms with Gasteiger partial charge >= 0.3 is 0 Å². The van der Waals surface area contributed by atoms with E-state index in [0.717, 1.165) is 6.42 Å². The Bertz CT molecular complexity index is 1540. The van der Waals surface area contributed by atoms with Crippen molar-refractivity contribution in [3.05, 3.63) is 66.3 Å². The number of amides is 4. The molecule has 1 aliphatic rings. The Labute approximate surface area is 280 Å². The minimum atomic E-state index is -0.942. The molecule has 0 saturated carbocycles. The Kier molecular flexibility index (Phi) is 12.9. The second kappa shape index (κ2) is 17.3. The summed E-state index contributed by atoms with van der Waals surface area (Å²) in [6.07, 6.45) is 4.85. The van der Waals surface area contributed by atoms with E-state index < -0.39 is 29.8 Å². The molecule has 48 heavy (non-hydrogen) atoms. The number of carbonyl (C=O) groups is 5. The summed E-state index contributed by atoms with van der Waals surface area (Å²) in [5.41, 5.74) is 1.03. The molecule has 3 heterocycles. The van der Waals surface area contributed by atoms with E-state index in [2.05, 4.69) is 31.1 Å². The van der Waals surface area contributed by atoms with Crippen molar-refractivity contribution in [1.82, 2.24) is 36.0 Å². The Morgan fingerprint density at radius 3 is 2.29 bits per heavy atom. The van der Waals surface area contributed by atoms with Crippen LogP contribution in [0.5, 0.6) is 0 Å². The number of benzene rings is 1. The predicted octanol–water partition coefficient (Wildman–Crippen LogP) is 3.58. The predicted molar refractivity (Wildman–Crippen MR) is 177 cm³/mol. The van der Waals surface area contributed by atoms with Crippen LogP contribution >= 0.6 is 0 Å². The topological polar surface area (TPSA) is 176 Å². The molecule has 256 valence electrons. The molecule has 13 nitrogen and oxygen atoms in total. The normalized spacial score (nSPS) is 15.6. The fourth-order valence-corrected chi connectivity index (χ4v) is 5.56. The van der Waals surface area contributed by atoms with Crippen molar-refractivity contribution in [3.8, 4) is 11.5 Å². The van der Waals surface area contributed by atoms with Gasteiger partial charge in [-0.15, -0.1) is 10.2 Å². The summed E-state index contributed by atoms with van der Waals surface area (Å²) in [4.78, 5) is 71.2. The van der Waals surface area contributed by atoms with Gasteiger partial charge in [-0.3, -0.25) is 29.0 Å². The number of Topliss-reactive ketones (excluding diaryl/α,β-unsaturated/α-hetero) is 1. The molecule has 3 atom stereocenters. The summed E-state index contributed by atoms with van der Waals surface area (Å²) in [6, 6.07) is 11.7. The zero-order chi connectivity index (χ0) is 34.6. The highest BCUT2D eigenvalue weighted by Gasteiger charge is 2.40. The lowest BCUT2D eigenvalue weighted by Crippen LogP contribution is -2.57. The molecule has 1 aliphatic heterocycles. The number of rotatable bonds is 16. The van der Waals surface area contributed by atoms with Crippen molar-refractivity contribution in [3.63, 3.8) is 0 Å². The molecular weight excluding hydrogens is 614 g/mol. The van der Waals surface area contributed by atoms with Crippen LogP contribution in [0, 0.1) is 11.8 Å². The van der Waals surface area contributed by atoms with Crippen LogP contribution < -0.4 is 16.0 Å². The largest absolute Gasteiger partial charge is 0.414 e. The van der Waals surface area contributed by atoms with Crippen LogP contribution in [0.3, 0.4) is 0 Å². The van der Waals surface area contributed by atoms with E-state index in [4.69, 9.17) is 4.42 Å². The number of hydrogen-bond acceptors (Lipinski definition) is 9. The van der Waals surface area contributed by atoms with Crippen molar-refractivity contribution in [1.29, 1.82) is 0 Å². The molecule has 1 saturated heterocycles.